The third-order valence-corrected chi connectivity index (χ3v) is 2.68. The number of carboxylic acid groups (broad SMARTS) is 1. The topological polar surface area (TPSA) is 53.4 Å². The summed E-state index contributed by atoms with van der Waals surface area (Å²) in [5.74, 6) is -0.949. The fourth-order valence-electron chi connectivity index (χ4n) is 1.67. The van der Waals surface area contributed by atoms with Gasteiger partial charge in [0.25, 0.3) is 0 Å². The molecule has 1 aliphatic carbocycles. The summed E-state index contributed by atoms with van der Waals surface area (Å²) in [6.07, 6.45) is 3.96. The maximum atomic E-state index is 10.9. The van der Waals surface area contributed by atoms with Crippen LogP contribution in [0.4, 0.5) is 0 Å². The second-order valence-corrected chi connectivity index (χ2v) is 3.96. The van der Waals surface area contributed by atoms with Gasteiger partial charge in [-0.2, -0.15) is 0 Å². The number of nitrogens with zero attached hydrogens (tertiary/aromatic N) is 2. The molecule has 0 atom stereocenters. The van der Waals surface area contributed by atoms with E-state index in [1.165, 1.54) is 19.0 Å². The number of hydrogen-bond acceptors (Lipinski definition) is 3. The molecule has 1 aromatic rings. The molecule has 2 rings (SSSR count). The lowest BCUT2D eigenvalue weighted by Gasteiger charge is -2.16. The SMILES string of the molecule is CN(Cc1cccnc1C(=O)O)C1CC1. The van der Waals surface area contributed by atoms with Crippen LogP contribution >= 0.6 is 0 Å². The van der Waals surface area contributed by atoms with Crippen LogP contribution in [-0.4, -0.2) is 34.0 Å². The first kappa shape index (κ1) is 10.1. The van der Waals surface area contributed by atoms with E-state index in [0.717, 1.165) is 5.56 Å². The molecular weight excluding hydrogens is 192 g/mol. The number of carbonyl (C=O) groups is 1. The Balaban J connectivity index is 2.15. The first-order chi connectivity index (χ1) is 7.18. The van der Waals surface area contributed by atoms with Crippen molar-refractivity contribution in [2.45, 2.75) is 25.4 Å². The van der Waals surface area contributed by atoms with Gasteiger partial charge in [-0.3, -0.25) is 4.90 Å². The van der Waals surface area contributed by atoms with Crippen LogP contribution in [0, 0.1) is 0 Å². The maximum absolute atomic E-state index is 10.9. The largest absolute Gasteiger partial charge is 0.477 e. The number of aromatic nitrogens is 1. The molecule has 0 bridgehead atoms. The molecule has 15 heavy (non-hydrogen) atoms. The molecule has 0 aliphatic heterocycles. The van der Waals surface area contributed by atoms with Crippen molar-refractivity contribution >= 4 is 5.97 Å². The molecule has 0 radical (unpaired) electrons. The Morgan fingerprint density at radius 1 is 1.67 bits per heavy atom. The summed E-state index contributed by atoms with van der Waals surface area (Å²) in [5.41, 5.74) is 0.962. The third-order valence-electron chi connectivity index (χ3n) is 2.68. The molecule has 1 N–H and O–H groups in total. The lowest BCUT2D eigenvalue weighted by Crippen LogP contribution is -2.21. The van der Waals surface area contributed by atoms with E-state index in [-0.39, 0.29) is 5.69 Å². The molecule has 80 valence electrons. The normalized spacial score (nSPS) is 15.6. The summed E-state index contributed by atoms with van der Waals surface area (Å²) in [6, 6.07) is 4.24. The van der Waals surface area contributed by atoms with Crippen molar-refractivity contribution in [3.05, 3.63) is 29.6 Å². The van der Waals surface area contributed by atoms with Crippen molar-refractivity contribution < 1.29 is 9.90 Å². The molecule has 1 aromatic heterocycles. The quantitative estimate of drug-likeness (QED) is 0.808. The van der Waals surface area contributed by atoms with Crippen LogP contribution in [0.25, 0.3) is 0 Å². The lowest BCUT2D eigenvalue weighted by atomic mass is 10.2. The fraction of sp³-hybridized carbons (Fsp3) is 0.455. The van der Waals surface area contributed by atoms with Gasteiger partial charge in [-0.05, 0) is 31.5 Å². The number of rotatable bonds is 4. The van der Waals surface area contributed by atoms with E-state index in [2.05, 4.69) is 9.88 Å². The Labute approximate surface area is 88.6 Å². The van der Waals surface area contributed by atoms with Crippen molar-refractivity contribution in [1.82, 2.24) is 9.88 Å². The van der Waals surface area contributed by atoms with Gasteiger partial charge in [0.2, 0.25) is 0 Å². The Morgan fingerprint density at radius 3 is 3.00 bits per heavy atom. The van der Waals surface area contributed by atoms with Crippen LogP contribution in [0.15, 0.2) is 18.3 Å². The second kappa shape index (κ2) is 3.98. The van der Waals surface area contributed by atoms with Gasteiger partial charge in [-0.25, -0.2) is 9.78 Å². The first-order valence-electron chi connectivity index (χ1n) is 5.06. The average Bonchev–Trinajstić information content (AvgIpc) is 3.01. The molecule has 0 saturated heterocycles. The summed E-state index contributed by atoms with van der Waals surface area (Å²) >= 11 is 0. The summed E-state index contributed by atoms with van der Waals surface area (Å²) in [6.45, 7) is 0.667. The molecule has 1 saturated carbocycles. The maximum Gasteiger partial charge on any atom is 0.354 e. The van der Waals surface area contributed by atoms with Crippen molar-refractivity contribution in [1.29, 1.82) is 0 Å². The molecule has 4 nitrogen and oxygen atoms in total. The molecule has 1 heterocycles. The minimum Gasteiger partial charge on any atom is -0.477 e. The molecule has 4 heteroatoms. The van der Waals surface area contributed by atoms with E-state index in [0.29, 0.717) is 12.6 Å². The standard InChI is InChI=1S/C11H14N2O2/c1-13(9-4-5-9)7-8-3-2-6-12-10(8)11(14)15/h2-3,6,9H,4-5,7H2,1H3,(H,14,15). The highest BCUT2D eigenvalue weighted by molar-refractivity contribution is 5.86. The molecule has 0 amide bonds. The Hall–Kier alpha value is -1.42. The minimum atomic E-state index is -0.949. The molecule has 1 fully saturated rings. The van der Waals surface area contributed by atoms with Crippen molar-refractivity contribution in [3.8, 4) is 0 Å². The summed E-state index contributed by atoms with van der Waals surface area (Å²) in [5, 5.41) is 8.95. The van der Waals surface area contributed by atoms with E-state index in [9.17, 15) is 4.79 Å². The zero-order chi connectivity index (χ0) is 10.8. The van der Waals surface area contributed by atoms with Gasteiger partial charge in [-0.1, -0.05) is 6.07 Å². The third kappa shape index (κ3) is 2.33. The van der Waals surface area contributed by atoms with Crippen LogP contribution in [0.2, 0.25) is 0 Å². The Bertz CT molecular complexity index is 375. The van der Waals surface area contributed by atoms with Gasteiger partial charge in [0.05, 0.1) is 0 Å². The number of aromatic carboxylic acids is 1. The molecule has 0 unspecified atom stereocenters. The van der Waals surface area contributed by atoms with Crippen molar-refractivity contribution in [3.63, 3.8) is 0 Å². The van der Waals surface area contributed by atoms with E-state index < -0.39 is 5.97 Å². The smallest absolute Gasteiger partial charge is 0.354 e. The predicted octanol–water partition coefficient (Wildman–Crippen LogP) is 1.37. The minimum absolute atomic E-state index is 0.171. The number of carboxylic acids is 1. The van der Waals surface area contributed by atoms with Gasteiger partial charge < -0.3 is 5.11 Å². The van der Waals surface area contributed by atoms with Gasteiger partial charge in [0, 0.05) is 18.8 Å². The highest BCUT2D eigenvalue weighted by atomic mass is 16.4. The Kier molecular flexibility index (Phi) is 2.68. The van der Waals surface area contributed by atoms with E-state index in [1.807, 2.05) is 13.1 Å². The summed E-state index contributed by atoms with van der Waals surface area (Å²) < 4.78 is 0. The molecule has 0 aromatic carbocycles. The monoisotopic (exact) mass is 206 g/mol. The first-order valence-corrected chi connectivity index (χ1v) is 5.06. The molecule has 0 spiro atoms. The van der Waals surface area contributed by atoms with Crippen LogP contribution in [0.3, 0.4) is 0 Å². The number of pyridine rings is 1. The molecule has 1 aliphatic rings. The van der Waals surface area contributed by atoms with E-state index in [4.69, 9.17) is 5.11 Å². The highest BCUT2D eigenvalue weighted by Gasteiger charge is 2.26. The van der Waals surface area contributed by atoms with Gasteiger partial charge in [-0.15, -0.1) is 0 Å². The zero-order valence-electron chi connectivity index (χ0n) is 8.68. The number of hydrogen-bond donors (Lipinski definition) is 1. The molecular formula is C11H14N2O2. The average molecular weight is 206 g/mol. The zero-order valence-corrected chi connectivity index (χ0v) is 8.68. The summed E-state index contributed by atoms with van der Waals surface area (Å²) in [7, 11) is 2.02. The van der Waals surface area contributed by atoms with Crippen LogP contribution in [-0.2, 0) is 6.54 Å². The van der Waals surface area contributed by atoms with Crippen molar-refractivity contribution in [2.75, 3.05) is 7.05 Å². The van der Waals surface area contributed by atoms with E-state index >= 15 is 0 Å². The fourth-order valence-corrected chi connectivity index (χ4v) is 1.67. The van der Waals surface area contributed by atoms with Crippen LogP contribution in [0.5, 0.6) is 0 Å². The Morgan fingerprint density at radius 2 is 2.40 bits per heavy atom. The lowest BCUT2D eigenvalue weighted by molar-refractivity contribution is 0.0688. The van der Waals surface area contributed by atoms with Crippen LogP contribution < -0.4 is 0 Å². The summed E-state index contributed by atoms with van der Waals surface area (Å²) in [4.78, 5) is 17.0. The predicted molar refractivity (Wildman–Crippen MR) is 55.7 cm³/mol. The van der Waals surface area contributed by atoms with Gasteiger partial charge >= 0.3 is 5.97 Å². The van der Waals surface area contributed by atoms with Crippen molar-refractivity contribution in [2.24, 2.45) is 0 Å². The van der Waals surface area contributed by atoms with E-state index in [1.54, 1.807) is 6.07 Å². The van der Waals surface area contributed by atoms with Gasteiger partial charge in [0.15, 0.2) is 5.69 Å². The second-order valence-electron chi connectivity index (χ2n) is 3.96. The highest BCUT2D eigenvalue weighted by Crippen LogP contribution is 2.26. The van der Waals surface area contributed by atoms with Gasteiger partial charge in [0.1, 0.15) is 0 Å². The van der Waals surface area contributed by atoms with Crippen LogP contribution in [0.1, 0.15) is 28.9 Å².